The molecule has 1 aromatic carbocycles. The zero-order valence-electron chi connectivity index (χ0n) is 11.0. The zero-order chi connectivity index (χ0) is 12.8. The number of thiazole rings is 1. The molecule has 1 heterocycles. The highest BCUT2D eigenvalue weighted by molar-refractivity contribution is 7.18. The molecule has 0 radical (unpaired) electrons. The Morgan fingerprint density at radius 1 is 1.12 bits per heavy atom. The first kappa shape index (κ1) is 12.5. The quantitative estimate of drug-likeness (QED) is 0.833. The summed E-state index contributed by atoms with van der Waals surface area (Å²) in [6, 6.07) is 5.99. The number of nitrogens with zero attached hydrogens (tertiary/aromatic N) is 1. The summed E-state index contributed by atoms with van der Waals surface area (Å²) in [5, 5.41) is 11.1. The van der Waals surface area contributed by atoms with Crippen LogP contribution in [0.2, 0.25) is 0 Å². The molecule has 0 saturated heterocycles. The van der Waals surface area contributed by atoms with E-state index in [-0.39, 0.29) is 5.41 Å². The van der Waals surface area contributed by atoms with Gasteiger partial charge in [0.25, 0.3) is 0 Å². The first-order valence-electron chi connectivity index (χ1n) is 5.82. The van der Waals surface area contributed by atoms with Crippen LogP contribution in [0.15, 0.2) is 18.2 Å². The van der Waals surface area contributed by atoms with Gasteiger partial charge in [-0.25, -0.2) is 4.98 Å². The zero-order valence-corrected chi connectivity index (χ0v) is 11.9. The molecule has 1 aromatic heterocycles. The molecule has 0 bridgehead atoms. The van der Waals surface area contributed by atoms with Crippen LogP contribution in [-0.4, -0.2) is 10.1 Å². The number of rotatable bonds is 1. The minimum atomic E-state index is -0.792. The van der Waals surface area contributed by atoms with Crippen LogP contribution < -0.4 is 0 Å². The molecule has 0 unspecified atom stereocenters. The van der Waals surface area contributed by atoms with E-state index in [1.807, 2.05) is 18.2 Å². The van der Waals surface area contributed by atoms with E-state index >= 15 is 0 Å². The minimum Gasteiger partial charge on any atom is -0.386 e. The van der Waals surface area contributed by atoms with Crippen molar-refractivity contribution in [1.29, 1.82) is 0 Å². The van der Waals surface area contributed by atoms with Crippen molar-refractivity contribution < 1.29 is 5.11 Å². The lowest BCUT2D eigenvalue weighted by atomic mass is 9.98. The van der Waals surface area contributed by atoms with E-state index in [0.29, 0.717) is 0 Å². The summed E-state index contributed by atoms with van der Waals surface area (Å²) >= 11 is 1.71. The number of aromatic nitrogens is 1. The van der Waals surface area contributed by atoms with Crippen LogP contribution in [0.4, 0.5) is 0 Å². The molecule has 0 aliphatic carbocycles. The van der Waals surface area contributed by atoms with Gasteiger partial charge in [-0.15, -0.1) is 11.3 Å². The van der Waals surface area contributed by atoms with Crippen molar-refractivity contribution in [3.8, 4) is 0 Å². The third-order valence-corrected chi connectivity index (χ3v) is 4.18. The van der Waals surface area contributed by atoms with E-state index in [1.165, 1.54) is 0 Å². The van der Waals surface area contributed by atoms with Crippen LogP contribution in [-0.2, 0) is 11.0 Å². The highest BCUT2D eigenvalue weighted by Gasteiger charge is 2.21. The maximum atomic E-state index is 10.00. The Morgan fingerprint density at radius 3 is 2.29 bits per heavy atom. The summed E-state index contributed by atoms with van der Waals surface area (Å²) in [6.45, 7) is 10.1. The second kappa shape index (κ2) is 3.79. The largest absolute Gasteiger partial charge is 0.386 e. The summed E-state index contributed by atoms with van der Waals surface area (Å²) in [5.41, 5.74) is 1.25. The van der Waals surface area contributed by atoms with Crippen LogP contribution in [0.1, 0.15) is 45.2 Å². The molecule has 2 nitrogen and oxygen atoms in total. The van der Waals surface area contributed by atoms with Gasteiger partial charge in [0.2, 0.25) is 0 Å². The average molecular weight is 249 g/mol. The smallest absolute Gasteiger partial charge is 0.0992 e. The van der Waals surface area contributed by atoms with E-state index in [1.54, 1.807) is 25.2 Å². The number of fused-ring (bicyclic) bond motifs is 1. The van der Waals surface area contributed by atoms with E-state index in [9.17, 15) is 5.11 Å². The molecule has 0 atom stereocenters. The molecular formula is C14H19NOS. The molecule has 2 rings (SSSR count). The van der Waals surface area contributed by atoms with Gasteiger partial charge in [-0.3, -0.25) is 0 Å². The van der Waals surface area contributed by atoms with E-state index in [2.05, 4.69) is 25.8 Å². The molecule has 0 aliphatic rings. The Bertz CT molecular complexity index is 531. The normalized spacial score (nSPS) is 13.3. The minimum absolute atomic E-state index is 0.0819. The van der Waals surface area contributed by atoms with E-state index in [4.69, 9.17) is 0 Å². The second-order valence-corrected chi connectivity index (χ2v) is 7.04. The topological polar surface area (TPSA) is 33.1 Å². The molecule has 1 N–H and O–H groups in total. The third kappa shape index (κ3) is 2.50. The lowest BCUT2D eigenvalue weighted by Crippen LogP contribution is -2.14. The summed E-state index contributed by atoms with van der Waals surface area (Å²) in [4.78, 5) is 4.64. The Labute approximate surface area is 106 Å². The van der Waals surface area contributed by atoms with Gasteiger partial charge >= 0.3 is 0 Å². The molecule has 0 amide bonds. The Hall–Kier alpha value is -0.930. The fourth-order valence-corrected chi connectivity index (χ4v) is 2.69. The van der Waals surface area contributed by atoms with Crippen LogP contribution in [0.3, 0.4) is 0 Å². The van der Waals surface area contributed by atoms with Crippen molar-refractivity contribution in [2.75, 3.05) is 0 Å². The monoisotopic (exact) mass is 249 g/mol. The highest BCUT2D eigenvalue weighted by atomic mass is 32.1. The van der Waals surface area contributed by atoms with Crippen molar-refractivity contribution in [3.63, 3.8) is 0 Å². The Kier molecular flexibility index (Phi) is 2.79. The van der Waals surface area contributed by atoms with Gasteiger partial charge in [-0.05, 0) is 31.5 Å². The number of hydrogen-bond donors (Lipinski definition) is 1. The van der Waals surface area contributed by atoms with Gasteiger partial charge < -0.3 is 5.11 Å². The van der Waals surface area contributed by atoms with Gasteiger partial charge in [0, 0.05) is 5.41 Å². The lowest BCUT2D eigenvalue weighted by Gasteiger charge is -2.17. The SMILES string of the molecule is CC(C)(C)c1nc2ccc(C(C)(C)O)cc2s1. The molecule has 92 valence electrons. The maximum absolute atomic E-state index is 10.00. The van der Waals surface area contributed by atoms with Crippen molar-refractivity contribution in [2.45, 2.75) is 45.6 Å². The second-order valence-electron chi connectivity index (χ2n) is 6.01. The predicted octanol–water partition coefficient (Wildman–Crippen LogP) is 3.82. The standard InChI is InChI=1S/C14H19NOS/c1-13(2,3)12-15-10-7-6-9(14(4,5)16)8-11(10)17-12/h6-8,16H,1-5H3. The average Bonchev–Trinajstić information content (AvgIpc) is 2.57. The van der Waals surface area contributed by atoms with E-state index in [0.717, 1.165) is 20.8 Å². The number of aliphatic hydroxyl groups is 1. The highest BCUT2D eigenvalue weighted by Crippen LogP contribution is 2.33. The lowest BCUT2D eigenvalue weighted by molar-refractivity contribution is 0.0787. The molecule has 2 aromatic rings. The third-order valence-electron chi connectivity index (χ3n) is 2.74. The van der Waals surface area contributed by atoms with Crippen molar-refractivity contribution >= 4 is 21.6 Å². The van der Waals surface area contributed by atoms with Gasteiger partial charge in [0.15, 0.2) is 0 Å². The molecule has 0 aliphatic heterocycles. The molecule has 0 fully saturated rings. The van der Waals surface area contributed by atoms with Crippen LogP contribution in [0, 0.1) is 0 Å². The van der Waals surface area contributed by atoms with Gasteiger partial charge in [0.05, 0.1) is 20.8 Å². The van der Waals surface area contributed by atoms with Gasteiger partial charge in [-0.1, -0.05) is 26.8 Å². The summed E-state index contributed by atoms with van der Waals surface area (Å²) in [6.07, 6.45) is 0. The Balaban J connectivity index is 2.56. The number of hydrogen-bond acceptors (Lipinski definition) is 3. The van der Waals surface area contributed by atoms with Gasteiger partial charge in [-0.2, -0.15) is 0 Å². The van der Waals surface area contributed by atoms with Gasteiger partial charge in [0.1, 0.15) is 0 Å². The van der Waals surface area contributed by atoms with Crippen molar-refractivity contribution in [1.82, 2.24) is 4.98 Å². The van der Waals surface area contributed by atoms with Crippen LogP contribution in [0.5, 0.6) is 0 Å². The van der Waals surface area contributed by atoms with E-state index < -0.39 is 5.60 Å². The maximum Gasteiger partial charge on any atom is 0.0992 e. The molecule has 0 saturated carbocycles. The first-order chi connectivity index (χ1) is 7.68. The fourth-order valence-electron chi connectivity index (χ4n) is 1.63. The number of benzene rings is 1. The van der Waals surface area contributed by atoms with Crippen LogP contribution >= 0.6 is 11.3 Å². The Morgan fingerprint density at radius 2 is 1.76 bits per heavy atom. The van der Waals surface area contributed by atoms with Crippen LogP contribution in [0.25, 0.3) is 10.2 Å². The first-order valence-corrected chi connectivity index (χ1v) is 6.63. The molecule has 0 spiro atoms. The summed E-state index contributed by atoms with van der Waals surface area (Å²) < 4.78 is 1.15. The summed E-state index contributed by atoms with van der Waals surface area (Å²) in [5.74, 6) is 0. The van der Waals surface area contributed by atoms with Crippen molar-refractivity contribution in [3.05, 3.63) is 28.8 Å². The van der Waals surface area contributed by atoms with Crippen molar-refractivity contribution in [2.24, 2.45) is 0 Å². The molecule has 3 heteroatoms. The molecule has 17 heavy (non-hydrogen) atoms. The summed E-state index contributed by atoms with van der Waals surface area (Å²) in [7, 11) is 0. The molecular weight excluding hydrogens is 230 g/mol. The predicted molar refractivity (Wildman–Crippen MR) is 73.6 cm³/mol. The fraction of sp³-hybridized carbons (Fsp3) is 0.500.